The fourth-order valence-corrected chi connectivity index (χ4v) is 2.63. The zero-order valence-corrected chi connectivity index (χ0v) is 15.2. The van der Waals surface area contributed by atoms with Crippen molar-refractivity contribution in [3.8, 4) is 0 Å². The number of aryl methyl sites for hydroxylation is 1. The molecule has 0 aliphatic rings. The second-order valence-corrected chi connectivity index (χ2v) is 6.40. The third-order valence-electron chi connectivity index (χ3n) is 4.06. The highest BCUT2D eigenvalue weighted by Gasteiger charge is 2.11. The summed E-state index contributed by atoms with van der Waals surface area (Å²) in [7, 11) is 0. The molecule has 24 heavy (non-hydrogen) atoms. The maximum absolute atomic E-state index is 11.7. The zero-order chi connectivity index (χ0) is 17.6. The standard InChI is InChI=1S/C20H32N2O2/c1-3-4-5-6-7-8-9-10-14-21-19(23)20(24)22-16-18-13-11-12-17(2)15-18/h11-13,15H,3-10,14,16H2,1-2H3,(H,21,23)(H,22,24). The second kappa shape index (κ2) is 12.6. The largest absolute Gasteiger partial charge is 0.348 e. The van der Waals surface area contributed by atoms with Crippen LogP contribution in [0.5, 0.6) is 0 Å². The van der Waals surface area contributed by atoms with Crippen LogP contribution in [0.1, 0.15) is 69.4 Å². The van der Waals surface area contributed by atoms with E-state index in [0.29, 0.717) is 13.1 Å². The number of nitrogens with one attached hydrogen (secondary N) is 2. The van der Waals surface area contributed by atoms with Crippen molar-refractivity contribution in [2.45, 2.75) is 71.8 Å². The molecule has 0 fully saturated rings. The van der Waals surface area contributed by atoms with Crippen LogP contribution in [0.3, 0.4) is 0 Å². The molecule has 1 aromatic rings. The van der Waals surface area contributed by atoms with Crippen molar-refractivity contribution in [1.82, 2.24) is 10.6 Å². The Morgan fingerprint density at radius 1 is 0.875 bits per heavy atom. The lowest BCUT2D eigenvalue weighted by atomic mass is 10.1. The number of rotatable bonds is 11. The average molecular weight is 332 g/mol. The number of carbonyl (C=O) groups excluding carboxylic acids is 2. The maximum Gasteiger partial charge on any atom is 0.309 e. The summed E-state index contributed by atoms with van der Waals surface area (Å²) in [6.45, 7) is 5.18. The molecule has 0 aliphatic heterocycles. The number of hydrogen-bond donors (Lipinski definition) is 2. The van der Waals surface area contributed by atoms with E-state index < -0.39 is 11.8 Å². The Morgan fingerprint density at radius 2 is 1.50 bits per heavy atom. The number of benzene rings is 1. The van der Waals surface area contributed by atoms with Gasteiger partial charge in [-0.1, -0.05) is 81.7 Å². The predicted octanol–water partition coefficient (Wildman–Crippen LogP) is 3.87. The van der Waals surface area contributed by atoms with Gasteiger partial charge in [0.25, 0.3) is 0 Å². The van der Waals surface area contributed by atoms with E-state index in [1.54, 1.807) is 0 Å². The van der Waals surface area contributed by atoms with E-state index >= 15 is 0 Å². The molecular formula is C20H32N2O2. The SMILES string of the molecule is CCCCCCCCCCNC(=O)C(=O)NCc1cccc(C)c1. The van der Waals surface area contributed by atoms with Crippen LogP contribution in [0.4, 0.5) is 0 Å². The molecular weight excluding hydrogens is 300 g/mol. The molecule has 1 rings (SSSR count). The minimum atomic E-state index is -0.559. The lowest BCUT2D eigenvalue weighted by molar-refractivity contribution is -0.139. The lowest BCUT2D eigenvalue weighted by Gasteiger charge is -2.07. The molecule has 2 N–H and O–H groups in total. The van der Waals surface area contributed by atoms with Gasteiger partial charge in [0.15, 0.2) is 0 Å². The van der Waals surface area contributed by atoms with Gasteiger partial charge >= 0.3 is 11.8 Å². The molecule has 134 valence electrons. The fraction of sp³-hybridized carbons (Fsp3) is 0.600. The Balaban J connectivity index is 2.05. The summed E-state index contributed by atoms with van der Waals surface area (Å²) in [4.78, 5) is 23.5. The monoisotopic (exact) mass is 332 g/mol. The smallest absolute Gasteiger partial charge is 0.309 e. The molecule has 0 aliphatic carbocycles. The van der Waals surface area contributed by atoms with Crippen molar-refractivity contribution in [2.75, 3.05) is 6.54 Å². The van der Waals surface area contributed by atoms with Crippen molar-refractivity contribution >= 4 is 11.8 Å². The summed E-state index contributed by atoms with van der Waals surface area (Å²) in [6, 6.07) is 7.88. The molecule has 2 amide bonds. The molecule has 0 saturated heterocycles. The topological polar surface area (TPSA) is 58.2 Å². The molecule has 4 heteroatoms. The van der Waals surface area contributed by atoms with Crippen molar-refractivity contribution in [3.05, 3.63) is 35.4 Å². The minimum absolute atomic E-state index is 0.381. The van der Waals surface area contributed by atoms with Crippen LogP contribution >= 0.6 is 0 Å². The average Bonchev–Trinajstić information content (AvgIpc) is 2.58. The van der Waals surface area contributed by atoms with Gasteiger partial charge in [-0.3, -0.25) is 9.59 Å². The highest BCUT2D eigenvalue weighted by atomic mass is 16.2. The van der Waals surface area contributed by atoms with Gasteiger partial charge in [-0.15, -0.1) is 0 Å². The van der Waals surface area contributed by atoms with Crippen LogP contribution in [-0.4, -0.2) is 18.4 Å². The predicted molar refractivity (Wildman–Crippen MR) is 98.6 cm³/mol. The highest BCUT2D eigenvalue weighted by molar-refractivity contribution is 6.35. The molecule has 0 radical (unpaired) electrons. The molecule has 1 aromatic carbocycles. The first-order chi connectivity index (χ1) is 11.6. The van der Waals surface area contributed by atoms with Crippen molar-refractivity contribution in [3.63, 3.8) is 0 Å². The van der Waals surface area contributed by atoms with Gasteiger partial charge in [0.05, 0.1) is 0 Å². The summed E-state index contributed by atoms with van der Waals surface area (Å²) >= 11 is 0. The maximum atomic E-state index is 11.7. The number of unbranched alkanes of at least 4 members (excludes halogenated alkanes) is 7. The Labute approximate surface area is 146 Å². The third kappa shape index (κ3) is 9.33. The van der Waals surface area contributed by atoms with Gasteiger partial charge in [-0.2, -0.15) is 0 Å². The zero-order valence-electron chi connectivity index (χ0n) is 15.2. The van der Waals surface area contributed by atoms with Gasteiger partial charge in [0.1, 0.15) is 0 Å². The first-order valence-corrected chi connectivity index (χ1v) is 9.25. The molecule has 0 aromatic heterocycles. The van der Waals surface area contributed by atoms with E-state index in [1.165, 1.54) is 38.5 Å². The number of carbonyl (C=O) groups is 2. The number of amides is 2. The van der Waals surface area contributed by atoms with Crippen LogP contribution < -0.4 is 10.6 Å². The summed E-state index contributed by atoms with van der Waals surface area (Å²) in [5.41, 5.74) is 2.14. The first kappa shape index (κ1) is 20.2. The molecule has 0 atom stereocenters. The Kier molecular flexibility index (Phi) is 10.6. The Morgan fingerprint density at radius 3 is 2.17 bits per heavy atom. The summed E-state index contributed by atoms with van der Waals surface area (Å²) in [5.74, 6) is -1.10. The first-order valence-electron chi connectivity index (χ1n) is 9.25. The van der Waals surface area contributed by atoms with E-state index in [2.05, 4.69) is 17.6 Å². The molecule has 0 bridgehead atoms. The van der Waals surface area contributed by atoms with Gasteiger partial charge in [0.2, 0.25) is 0 Å². The normalized spacial score (nSPS) is 10.4. The van der Waals surface area contributed by atoms with Crippen LogP contribution in [-0.2, 0) is 16.1 Å². The molecule has 0 spiro atoms. The summed E-state index contributed by atoms with van der Waals surface area (Å²) in [6.07, 6.45) is 9.76. The van der Waals surface area contributed by atoms with Gasteiger partial charge in [-0.25, -0.2) is 0 Å². The second-order valence-electron chi connectivity index (χ2n) is 6.40. The Bertz CT molecular complexity index is 500. The molecule has 4 nitrogen and oxygen atoms in total. The van der Waals surface area contributed by atoms with Gasteiger partial charge in [-0.05, 0) is 18.9 Å². The van der Waals surface area contributed by atoms with Crippen molar-refractivity contribution < 1.29 is 9.59 Å². The van der Waals surface area contributed by atoms with E-state index in [1.807, 2.05) is 31.2 Å². The van der Waals surface area contributed by atoms with Gasteiger partial charge < -0.3 is 10.6 Å². The summed E-state index contributed by atoms with van der Waals surface area (Å²) in [5, 5.41) is 5.35. The van der Waals surface area contributed by atoms with Crippen LogP contribution in [0, 0.1) is 6.92 Å². The van der Waals surface area contributed by atoms with E-state index in [9.17, 15) is 9.59 Å². The number of hydrogen-bond acceptors (Lipinski definition) is 2. The lowest BCUT2D eigenvalue weighted by Crippen LogP contribution is -2.39. The van der Waals surface area contributed by atoms with Crippen molar-refractivity contribution in [2.24, 2.45) is 0 Å². The van der Waals surface area contributed by atoms with Gasteiger partial charge in [0, 0.05) is 13.1 Å². The highest BCUT2D eigenvalue weighted by Crippen LogP contribution is 2.07. The van der Waals surface area contributed by atoms with E-state index in [4.69, 9.17) is 0 Å². The van der Waals surface area contributed by atoms with Crippen LogP contribution in [0.25, 0.3) is 0 Å². The van der Waals surface area contributed by atoms with Crippen LogP contribution in [0.2, 0.25) is 0 Å². The molecule has 0 unspecified atom stereocenters. The minimum Gasteiger partial charge on any atom is -0.348 e. The molecule has 0 saturated carbocycles. The molecule has 0 heterocycles. The third-order valence-corrected chi connectivity index (χ3v) is 4.06. The van der Waals surface area contributed by atoms with E-state index in [-0.39, 0.29) is 0 Å². The quantitative estimate of drug-likeness (QED) is 0.477. The fourth-order valence-electron chi connectivity index (χ4n) is 2.63. The van der Waals surface area contributed by atoms with E-state index in [0.717, 1.165) is 24.0 Å². The van der Waals surface area contributed by atoms with Crippen molar-refractivity contribution in [1.29, 1.82) is 0 Å². The van der Waals surface area contributed by atoms with Crippen LogP contribution in [0.15, 0.2) is 24.3 Å². The summed E-state index contributed by atoms with van der Waals surface area (Å²) < 4.78 is 0. The Hall–Kier alpha value is -1.84.